The summed E-state index contributed by atoms with van der Waals surface area (Å²) in [6, 6.07) is 7.93. The molecule has 5 heterocycles. The van der Waals surface area contributed by atoms with E-state index in [1.807, 2.05) is 30.6 Å². The maximum absolute atomic E-state index is 12.8. The Morgan fingerprint density at radius 2 is 2.00 bits per heavy atom. The third kappa shape index (κ3) is 3.97. The van der Waals surface area contributed by atoms with Crippen molar-refractivity contribution in [3.05, 3.63) is 60.1 Å². The molecule has 0 bridgehead atoms. The van der Waals surface area contributed by atoms with Crippen LogP contribution in [0.1, 0.15) is 10.4 Å². The molecule has 5 rings (SSSR count). The van der Waals surface area contributed by atoms with E-state index in [1.54, 1.807) is 35.3 Å². The second kappa shape index (κ2) is 8.01. The van der Waals surface area contributed by atoms with Gasteiger partial charge in [-0.1, -0.05) is 0 Å². The summed E-state index contributed by atoms with van der Waals surface area (Å²) in [5, 5.41) is 3.80. The molecule has 0 spiro atoms. The van der Waals surface area contributed by atoms with Crippen molar-refractivity contribution < 1.29 is 4.79 Å². The topological polar surface area (TPSA) is 87.1 Å². The number of aromatic nitrogens is 4. The molecule has 0 saturated carbocycles. The van der Waals surface area contributed by atoms with Gasteiger partial charge in [0.25, 0.3) is 5.91 Å². The van der Waals surface area contributed by atoms with Gasteiger partial charge in [0.15, 0.2) is 0 Å². The summed E-state index contributed by atoms with van der Waals surface area (Å²) in [6.07, 6.45) is 6.97. The Balaban J connectivity index is 1.34. The Bertz CT molecular complexity index is 1240. The predicted molar refractivity (Wildman–Crippen MR) is 123 cm³/mol. The van der Waals surface area contributed by atoms with Gasteiger partial charge in [0.05, 0.1) is 22.1 Å². The highest BCUT2D eigenvalue weighted by Crippen LogP contribution is 2.26. The summed E-state index contributed by atoms with van der Waals surface area (Å²) in [5.74, 6) is 1.08. The van der Waals surface area contributed by atoms with Gasteiger partial charge >= 0.3 is 0 Å². The fraction of sp³-hybridized carbons (Fsp3) is 0.227. The highest BCUT2D eigenvalue weighted by molar-refractivity contribution is 7.13. The van der Waals surface area contributed by atoms with Gasteiger partial charge in [0, 0.05) is 54.2 Å². The van der Waals surface area contributed by atoms with Crippen LogP contribution in [0.15, 0.2) is 54.6 Å². The van der Waals surface area contributed by atoms with Crippen LogP contribution in [0.3, 0.4) is 0 Å². The van der Waals surface area contributed by atoms with Crippen LogP contribution in [0.25, 0.3) is 21.3 Å². The Hall–Kier alpha value is -3.43. The molecule has 1 amide bonds. The molecule has 1 saturated heterocycles. The number of nitrogens with one attached hydrogen (secondary N) is 1. The van der Waals surface area contributed by atoms with Crippen LogP contribution in [-0.4, -0.2) is 64.0 Å². The van der Waals surface area contributed by atoms with Gasteiger partial charge in [-0.15, -0.1) is 11.3 Å². The zero-order valence-corrected chi connectivity index (χ0v) is 18.0. The Morgan fingerprint density at radius 1 is 1.13 bits per heavy atom. The molecule has 0 aliphatic carbocycles. The number of nitrogens with zero attached hydrogens (tertiary/aromatic N) is 6. The van der Waals surface area contributed by atoms with Crippen molar-refractivity contribution in [1.82, 2.24) is 24.8 Å². The molecule has 9 heteroatoms. The molecule has 4 aromatic rings. The second-order valence-corrected chi connectivity index (χ2v) is 8.62. The summed E-state index contributed by atoms with van der Waals surface area (Å²) in [6.45, 7) is 1.82. The first kappa shape index (κ1) is 19.5. The minimum atomic E-state index is -0.216. The van der Waals surface area contributed by atoms with Crippen molar-refractivity contribution in [2.24, 2.45) is 0 Å². The minimum absolute atomic E-state index is 0.216. The van der Waals surface area contributed by atoms with Crippen molar-refractivity contribution in [2.45, 2.75) is 6.04 Å². The summed E-state index contributed by atoms with van der Waals surface area (Å²) < 4.78 is 0. The molecule has 0 aromatic carbocycles. The lowest BCUT2D eigenvalue weighted by molar-refractivity contribution is 0.102. The summed E-state index contributed by atoms with van der Waals surface area (Å²) >= 11 is 1.56. The van der Waals surface area contributed by atoms with Crippen molar-refractivity contribution >= 4 is 39.8 Å². The third-order valence-corrected chi connectivity index (χ3v) is 6.27. The standard InChI is InChI=1S/C22H21N7OS/c1-28(2)17-11-29(12-17)21-7-14(3-4-24-21)22(30)27-20-6-15-5-16(19-10-23-13-31-19)8-25-18(15)9-26-20/h3-10,13,17H,11-12H2,1-2H3,(H,26,27,30). The highest BCUT2D eigenvalue weighted by atomic mass is 32.1. The number of amides is 1. The first-order valence-corrected chi connectivity index (χ1v) is 10.8. The van der Waals surface area contributed by atoms with Crippen molar-refractivity contribution in [3.8, 4) is 10.4 Å². The lowest BCUT2D eigenvalue weighted by Crippen LogP contribution is -2.57. The number of hydrogen-bond acceptors (Lipinski definition) is 8. The SMILES string of the molecule is CN(C)C1CN(c2cc(C(=O)Nc3cc4cc(-c5cncs5)cnc4cn3)ccn2)C1. The molecule has 0 radical (unpaired) electrons. The largest absolute Gasteiger partial charge is 0.353 e. The summed E-state index contributed by atoms with van der Waals surface area (Å²) in [4.78, 5) is 35.6. The van der Waals surface area contributed by atoms with Crippen LogP contribution < -0.4 is 10.2 Å². The second-order valence-electron chi connectivity index (χ2n) is 7.73. The van der Waals surface area contributed by atoms with Crippen LogP contribution in [-0.2, 0) is 0 Å². The van der Waals surface area contributed by atoms with E-state index in [1.165, 1.54) is 0 Å². The van der Waals surface area contributed by atoms with Gasteiger partial charge in [0.2, 0.25) is 0 Å². The molecule has 1 aliphatic rings. The van der Waals surface area contributed by atoms with E-state index < -0.39 is 0 Å². The molecule has 1 fully saturated rings. The van der Waals surface area contributed by atoms with E-state index in [-0.39, 0.29) is 5.91 Å². The van der Waals surface area contributed by atoms with Gasteiger partial charge in [0.1, 0.15) is 11.6 Å². The Morgan fingerprint density at radius 3 is 2.77 bits per heavy atom. The molecule has 1 N–H and O–H groups in total. The first-order valence-electron chi connectivity index (χ1n) is 9.90. The fourth-order valence-corrected chi connectivity index (χ4v) is 4.09. The molecule has 8 nitrogen and oxygen atoms in total. The molecular weight excluding hydrogens is 410 g/mol. The monoisotopic (exact) mass is 431 g/mol. The lowest BCUT2D eigenvalue weighted by atomic mass is 10.1. The number of carbonyl (C=O) groups excluding carboxylic acids is 1. The number of anilines is 2. The van der Waals surface area contributed by atoms with Crippen LogP contribution in [0.5, 0.6) is 0 Å². The predicted octanol–water partition coefficient (Wildman–Crippen LogP) is 3.15. The summed E-state index contributed by atoms with van der Waals surface area (Å²) in [7, 11) is 4.15. The highest BCUT2D eigenvalue weighted by Gasteiger charge is 2.29. The lowest BCUT2D eigenvalue weighted by Gasteiger charge is -2.43. The number of likely N-dealkylation sites (N-methyl/N-ethyl adjacent to an activating group) is 1. The van der Waals surface area contributed by atoms with E-state index in [9.17, 15) is 4.79 Å². The zero-order valence-electron chi connectivity index (χ0n) is 17.2. The van der Waals surface area contributed by atoms with Crippen molar-refractivity contribution in [3.63, 3.8) is 0 Å². The first-order chi connectivity index (χ1) is 15.1. The van der Waals surface area contributed by atoms with E-state index in [0.717, 1.165) is 40.3 Å². The van der Waals surface area contributed by atoms with Gasteiger partial charge in [-0.25, -0.2) is 9.97 Å². The Labute approximate surface area is 183 Å². The van der Waals surface area contributed by atoms with Crippen molar-refractivity contribution in [2.75, 3.05) is 37.4 Å². The number of carbonyl (C=O) groups is 1. The normalized spacial score (nSPS) is 14.1. The van der Waals surface area contributed by atoms with E-state index in [2.05, 4.69) is 49.1 Å². The fourth-order valence-electron chi connectivity index (χ4n) is 3.48. The quantitative estimate of drug-likeness (QED) is 0.519. The molecule has 0 atom stereocenters. The molecule has 156 valence electrons. The number of rotatable bonds is 5. The molecular formula is C22H21N7OS. The van der Waals surface area contributed by atoms with Crippen LogP contribution in [0.2, 0.25) is 0 Å². The van der Waals surface area contributed by atoms with E-state index >= 15 is 0 Å². The number of thiazole rings is 1. The molecule has 31 heavy (non-hydrogen) atoms. The van der Waals surface area contributed by atoms with E-state index in [0.29, 0.717) is 17.4 Å². The van der Waals surface area contributed by atoms with Crippen LogP contribution in [0.4, 0.5) is 11.6 Å². The van der Waals surface area contributed by atoms with Gasteiger partial charge < -0.3 is 15.1 Å². The van der Waals surface area contributed by atoms with Crippen LogP contribution >= 0.6 is 11.3 Å². The number of hydrogen-bond donors (Lipinski definition) is 1. The van der Waals surface area contributed by atoms with Crippen LogP contribution in [0, 0.1) is 0 Å². The maximum atomic E-state index is 12.8. The zero-order chi connectivity index (χ0) is 21.4. The smallest absolute Gasteiger partial charge is 0.257 e. The Kier molecular flexibility index (Phi) is 5.05. The summed E-state index contributed by atoms with van der Waals surface area (Å²) in [5.41, 5.74) is 4.10. The third-order valence-electron chi connectivity index (χ3n) is 5.45. The van der Waals surface area contributed by atoms with Gasteiger partial charge in [-0.2, -0.15) is 0 Å². The average molecular weight is 432 g/mol. The maximum Gasteiger partial charge on any atom is 0.257 e. The van der Waals surface area contributed by atoms with Gasteiger partial charge in [-0.05, 0) is 38.4 Å². The van der Waals surface area contributed by atoms with E-state index in [4.69, 9.17) is 0 Å². The van der Waals surface area contributed by atoms with Crippen molar-refractivity contribution in [1.29, 1.82) is 0 Å². The molecule has 1 aliphatic heterocycles. The minimum Gasteiger partial charge on any atom is -0.353 e. The van der Waals surface area contributed by atoms with Gasteiger partial charge in [-0.3, -0.25) is 14.8 Å². The number of pyridine rings is 3. The number of fused-ring (bicyclic) bond motifs is 1. The molecule has 4 aromatic heterocycles. The molecule has 0 unspecified atom stereocenters. The average Bonchev–Trinajstić information content (AvgIpc) is 3.27.